The Morgan fingerprint density at radius 3 is 2.54 bits per heavy atom. The van der Waals surface area contributed by atoms with Crippen LogP contribution >= 0.6 is 0 Å². The van der Waals surface area contributed by atoms with Gasteiger partial charge in [0.2, 0.25) is 0 Å². The molecule has 2 heteroatoms. The normalized spacial score (nSPS) is 25.2. The van der Waals surface area contributed by atoms with Crippen molar-refractivity contribution in [2.45, 2.75) is 25.0 Å². The van der Waals surface area contributed by atoms with Gasteiger partial charge in [0.25, 0.3) is 0 Å². The molecule has 13 heavy (non-hydrogen) atoms. The molecule has 0 aliphatic carbocycles. The fraction of sp³-hybridized carbons (Fsp3) is 0.455. The zero-order valence-electron chi connectivity index (χ0n) is 7.83. The summed E-state index contributed by atoms with van der Waals surface area (Å²) >= 11 is 0. The number of hydrogen-bond acceptors (Lipinski definition) is 2. The van der Waals surface area contributed by atoms with Crippen LogP contribution in [0.2, 0.25) is 0 Å². The van der Waals surface area contributed by atoms with Crippen molar-refractivity contribution in [2.75, 3.05) is 6.54 Å². The summed E-state index contributed by atoms with van der Waals surface area (Å²) in [7, 11) is 0. The lowest BCUT2D eigenvalue weighted by Gasteiger charge is -2.26. The maximum atomic E-state index is 10.4. The third kappa shape index (κ3) is 1.47. The van der Waals surface area contributed by atoms with Crippen molar-refractivity contribution in [3.8, 4) is 0 Å². The first-order valence-electron chi connectivity index (χ1n) is 4.78. The molecule has 2 atom stereocenters. The van der Waals surface area contributed by atoms with Crippen LogP contribution in [0.3, 0.4) is 0 Å². The fourth-order valence-electron chi connectivity index (χ4n) is 1.78. The maximum absolute atomic E-state index is 10.4. The SMILES string of the molecule is CCC(O)(c1ccccc1)C1CN1. The minimum Gasteiger partial charge on any atom is -0.383 e. The molecule has 0 saturated carbocycles. The van der Waals surface area contributed by atoms with Gasteiger partial charge in [-0.3, -0.25) is 0 Å². The predicted molar refractivity (Wildman–Crippen MR) is 52.4 cm³/mol. The van der Waals surface area contributed by atoms with Crippen LogP contribution in [0.5, 0.6) is 0 Å². The summed E-state index contributed by atoms with van der Waals surface area (Å²) in [5.41, 5.74) is 0.355. The van der Waals surface area contributed by atoms with Crippen molar-refractivity contribution in [1.29, 1.82) is 0 Å². The van der Waals surface area contributed by atoms with Crippen LogP contribution in [-0.4, -0.2) is 17.7 Å². The molecule has 2 N–H and O–H groups in total. The molecular formula is C11H15NO. The average molecular weight is 177 g/mol. The molecule has 0 spiro atoms. The van der Waals surface area contributed by atoms with Crippen LogP contribution < -0.4 is 5.32 Å². The Morgan fingerprint density at radius 2 is 2.08 bits per heavy atom. The number of nitrogens with one attached hydrogen (secondary N) is 1. The quantitative estimate of drug-likeness (QED) is 0.682. The Kier molecular flexibility index (Phi) is 2.10. The van der Waals surface area contributed by atoms with E-state index in [9.17, 15) is 5.11 Å². The van der Waals surface area contributed by atoms with E-state index in [1.54, 1.807) is 0 Å². The molecule has 0 aromatic heterocycles. The third-order valence-electron chi connectivity index (χ3n) is 2.80. The van der Waals surface area contributed by atoms with Crippen molar-refractivity contribution < 1.29 is 5.11 Å². The fourth-order valence-corrected chi connectivity index (χ4v) is 1.78. The highest BCUT2D eigenvalue weighted by Crippen LogP contribution is 2.32. The van der Waals surface area contributed by atoms with E-state index in [0.29, 0.717) is 0 Å². The molecule has 2 nitrogen and oxygen atoms in total. The van der Waals surface area contributed by atoms with Crippen LogP contribution in [0.25, 0.3) is 0 Å². The van der Waals surface area contributed by atoms with Crippen molar-refractivity contribution >= 4 is 0 Å². The van der Waals surface area contributed by atoms with Gasteiger partial charge in [-0.2, -0.15) is 0 Å². The molecule has 1 aromatic rings. The van der Waals surface area contributed by atoms with E-state index in [1.807, 2.05) is 37.3 Å². The van der Waals surface area contributed by atoms with Gasteiger partial charge in [-0.1, -0.05) is 37.3 Å². The van der Waals surface area contributed by atoms with E-state index in [4.69, 9.17) is 0 Å². The van der Waals surface area contributed by atoms with Gasteiger partial charge in [0.15, 0.2) is 0 Å². The molecule has 1 aromatic carbocycles. The first-order valence-corrected chi connectivity index (χ1v) is 4.78. The van der Waals surface area contributed by atoms with Crippen molar-refractivity contribution in [3.63, 3.8) is 0 Å². The molecule has 2 unspecified atom stereocenters. The molecular weight excluding hydrogens is 162 g/mol. The Morgan fingerprint density at radius 1 is 1.46 bits per heavy atom. The van der Waals surface area contributed by atoms with Gasteiger partial charge in [-0.25, -0.2) is 0 Å². The number of benzene rings is 1. The maximum Gasteiger partial charge on any atom is 0.106 e. The molecule has 2 rings (SSSR count). The first kappa shape index (κ1) is 8.73. The minimum atomic E-state index is -0.665. The van der Waals surface area contributed by atoms with Crippen molar-refractivity contribution in [2.24, 2.45) is 0 Å². The van der Waals surface area contributed by atoms with Crippen LogP contribution in [0.1, 0.15) is 18.9 Å². The zero-order valence-corrected chi connectivity index (χ0v) is 7.83. The molecule has 1 aliphatic heterocycles. The molecule has 70 valence electrons. The van der Waals surface area contributed by atoms with E-state index in [2.05, 4.69) is 5.32 Å². The van der Waals surface area contributed by atoms with Gasteiger partial charge in [-0.05, 0) is 12.0 Å². The molecule has 0 amide bonds. The van der Waals surface area contributed by atoms with Gasteiger partial charge in [0, 0.05) is 6.54 Å². The van der Waals surface area contributed by atoms with Crippen LogP contribution in [0, 0.1) is 0 Å². The Labute approximate surface area is 78.6 Å². The summed E-state index contributed by atoms with van der Waals surface area (Å²) in [5.74, 6) is 0. The highest BCUT2D eigenvalue weighted by molar-refractivity contribution is 5.26. The summed E-state index contributed by atoms with van der Waals surface area (Å²) in [5, 5.41) is 13.5. The topological polar surface area (TPSA) is 42.2 Å². The lowest BCUT2D eigenvalue weighted by molar-refractivity contribution is 0.0311. The van der Waals surface area contributed by atoms with Gasteiger partial charge in [0.1, 0.15) is 5.60 Å². The lowest BCUT2D eigenvalue weighted by Crippen LogP contribution is -2.33. The Hall–Kier alpha value is -0.860. The van der Waals surface area contributed by atoms with E-state index in [1.165, 1.54) is 0 Å². The molecule has 1 heterocycles. The van der Waals surface area contributed by atoms with Crippen molar-refractivity contribution in [3.05, 3.63) is 35.9 Å². The second-order valence-electron chi connectivity index (χ2n) is 3.60. The molecule has 1 saturated heterocycles. The monoisotopic (exact) mass is 177 g/mol. The van der Waals surface area contributed by atoms with Crippen LogP contribution in [0.15, 0.2) is 30.3 Å². The summed E-state index contributed by atoms with van der Waals surface area (Å²) < 4.78 is 0. The van der Waals surface area contributed by atoms with Gasteiger partial charge >= 0.3 is 0 Å². The van der Waals surface area contributed by atoms with Gasteiger partial charge in [0.05, 0.1) is 6.04 Å². The Bertz CT molecular complexity index is 281. The summed E-state index contributed by atoms with van der Waals surface area (Å²) in [6, 6.07) is 10.1. The summed E-state index contributed by atoms with van der Waals surface area (Å²) in [4.78, 5) is 0. The second kappa shape index (κ2) is 3.13. The standard InChI is InChI=1S/C11H15NO/c1-2-11(13,10-8-12-10)9-6-4-3-5-7-9/h3-7,10,12-13H,2,8H2,1H3. The number of rotatable bonds is 3. The van der Waals surface area contributed by atoms with Crippen LogP contribution in [0.4, 0.5) is 0 Å². The second-order valence-corrected chi connectivity index (χ2v) is 3.60. The minimum absolute atomic E-state index is 0.250. The smallest absolute Gasteiger partial charge is 0.106 e. The predicted octanol–water partition coefficient (Wildman–Crippen LogP) is 1.26. The van der Waals surface area contributed by atoms with Crippen molar-refractivity contribution in [1.82, 2.24) is 5.32 Å². The van der Waals surface area contributed by atoms with E-state index in [0.717, 1.165) is 18.5 Å². The van der Waals surface area contributed by atoms with E-state index >= 15 is 0 Å². The van der Waals surface area contributed by atoms with Crippen LogP contribution in [-0.2, 0) is 5.60 Å². The summed E-state index contributed by atoms with van der Waals surface area (Å²) in [6.45, 7) is 2.95. The molecule has 0 bridgehead atoms. The van der Waals surface area contributed by atoms with E-state index in [-0.39, 0.29) is 6.04 Å². The van der Waals surface area contributed by atoms with E-state index < -0.39 is 5.60 Å². The van der Waals surface area contributed by atoms with Gasteiger partial charge < -0.3 is 10.4 Å². The average Bonchev–Trinajstić information content (AvgIpc) is 3.02. The largest absolute Gasteiger partial charge is 0.383 e. The first-order chi connectivity index (χ1) is 6.27. The molecule has 0 radical (unpaired) electrons. The Balaban J connectivity index is 2.30. The van der Waals surface area contributed by atoms with Gasteiger partial charge in [-0.15, -0.1) is 0 Å². The molecule has 1 fully saturated rings. The highest BCUT2D eigenvalue weighted by Gasteiger charge is 2.43. The highest BCUT2D eigenvalue weighted by atomic mass is 16.3. The third-order valence-corrected chi connectivity index (χ3v) is 2.80. The number of hydrogen-bond donors (Lipinski definition) is 2. The zero-order chi connectivity index (χ0) is 9.31. The molecule has 1 aliphatic rings. The summed E-state index contributed by atoms with van der Waals surface area (Å²) in [6.07, 6.45) is 0.759. The lowest BCUT2D eigenvalue weighted by atomic mass is 9.88. The number of aliphatic hydroxyl groups is 1.